The molecule has 2 aromatic carbocycles. The second-order valence-corrected chi connectivity index (χ2v) is 7.04. The van der Waals surface area contributed by atoms with Gasteiger partial charge in [0, 0.05) is 37.6 Å². The van der Waals surface area contributed by atoms with Crippen LogP contribution < -0.4 is 19.5 Å². The Balaban J connectivity index is 1.73. The average Bonchev–Trinajstić information content (AvgIpc) is 3.03. The lowest BCUT2D eigenvalue weighted by atomic mass is 10.0. The van der Waals surface area contributed by atoms with E-state index in [4.69, 9.17) is 18.9 Å². The Morgan fingerprint density at radius 2 is 1.77 bits per heavy atom. The van der Waals surface area contributed by atoms with Gasteiger partial charge in [0.1, 0.15) is 24.7 Å². The van der Waals surface area contributed by atoms with Crippen LogP contribution in [0.3, 0.4) is 0 Å². The molecule has 0 fully saturated rings. The lowest BCUT2D eigenvalue weighted by Gasteiger charge is -2.19. The van der Waals surface area contributed by atoms with E-state index in [-0.39, 0.29) is 23.7 Å². The maximum atomic E-state index is 13.3. The summed E-state index contributed by atoms with van der Waals surface area (Å²) < 4.78 is 21.7. The highest BCUT2D eigenvalue weighted by Gasteiger charge is 2.40. The van der Waals surface area contributed by atoms with Gasteiger partial charge < -0.3 is 24.3 Å². The van der Waals surface area contributed by atoms with Crippen LogP contribution in [-0.4, -0.2) is 57.3 Å². The van der Waals surface area contributed by atoms with Gasteiger partial charge in [-0.15, -0.1) is 0 Å². The number of anilines is 1. The first kappa shape index (κ1) is 20.7. The number of carbonyl (C=O) groups is 2. The van der Waals surface area contributed by atoms with Crippen molar-refractivity contribution < 1.29 is 28.5 Å². The van der Waals surface area contributed by atoms with E-state index in [2.05, 4.69) is 5.32 Å². The molecule has 31 heavy (non-hydrogen) atoms. The summed E-state index contributed by atoms with van der Waals surface area (Å²) in [6, 6.07) is 12.5. The number of carbonyl (C=O) groups excluding carboxylic acids is 2. The van der Waals surface area contributed by atoms with E-state index >= 15 is 0 Å². The van der Waals surface area contributed by atoms with Crippen LogP contribution in [0, 0.1) is 0 Å². The van der Waals surface area contributed by atoms with Crippen LogP contribution in [0.4, 0.5) is 5.69 Å². The zero-order chi connectivity index (χ0) is 21.8. The van der Waals surface area contributed by atoms with E-state index in [0.717, 1.165) is 0 Å². The Bertz CT molecular complexity index is 1030. The lowest BCUT2D eigenvalue weighted by molar-refractivity contribution is -0.137. The van der Waals surface area contributed by atoms with Crippen molar-refractivity contribution in [2.45, 2.75) is 6.42 Å². The van der Waals surface area contributed by atoms with Crippen molar-refractivity contribution in [3.05, 3.63) is 53.7 Å². The minimum atomic E-state index is -0.392. The number of hydrogen-bond donors (Lipinski definition) is 1. The third-order valence-electron chi connectivity index (χ3n) is 5.09. The summed E-state index contributed by atoms with van der Waals surface area (Å²) in [7, 11) is 3.12. The third-order valence-corrected chi connectivity index (χ3v) is 5.09. The van der Waals surface area contributed by atoms with Crippen LogP contribution in [0.15, 0.2) is 48.2 Å². The first-order valence-corrected chi connectivity index (χ1v) is 10.0. The summed E-state index contributed by atoms with van der Waals surface area (Å²) in [5.41, 5.74) is 1.64. The van der Waals surface area contributed by atoms with Crippen LogP contribution in [0.2, 0.25) is 0 Å². The molecule has 162 valence electrons. The average molecular weight is 424 g/mol. The molecule has 2 aromatic rings. The molecule has 4 rings (SSSR count). The van der Waals surface area contributed by atoms with Crippen LogP contribution in [0.25, 0.3) is 5.57 Å². The molecule has 0 saturated carbocycles. The highest BCUT2D eigenvalue weighted by Crippen LogP contribution is 2.37. The van der Waals surface area contributed by atoms with Gasteiger partial charge in [-0.25, -0.2) is 0 Å². The summed E-state index contributed by atoms with van der Waals surface area (Å²) in [4.78, 5) is 27.7. The molecule has 0 radical (unpaired) electrons. The van der Waals surface area contributed by atoms with Gasteiger partial charge in [0.15, 0.2) is 11.5 Å². The molecule has 8 heteroatoms. The van der Waals surface area contributed by atoms with Crippen LogP contribution in [-0.2, 0) is 14.3 Å². The molecule has 0 atom stereocenters. The van der Waals surface area contributed by atoms with Crippen molar-refractivity contribution in [1.29, 1.82) is 0 Å². The summed E-state index contributed by atoms with van der Waals surface area (Å²) in [6.45, 7) is 1.66. The van der Waals surface area contributed by atoms with E-state index in [0.29, 0.717) is 54.7 Å². The Kier molecular flexibility index (Phi) is 6.08. The zero-order valence-electron chi connectivity index (χ0n) is 17.5. The molecule has 0 saturated heterocycles. The summed E-state index contributed by atoms with van der Waals surface area (Å²) in [5.74, 6) is 0.983. The molecular weight excluding hydrogens is 400 g/mol. The fourth-order valence-electron chi connectivity index (χ4n) is 3.63. The largest absolute Gasteiger partial charge is 0.496 e. The fraction of sp³-hybridized carbons (Fsp3) is 0.304. The maximum absolute atomic E-state index is 13.3. The van der Waals surface area contributed by atoms with Crippen LogP contribution >= 0.6 is 0 Å². The SMILES string of the molecule is COCCCN1C(=O)C(Nc2ccc3c(c2)OCCO3)=C(c2ccccc2OC)C1=O. The number of fused-ring (bicyclic) bond motifs is 1. The number of para-hydroxylation sites is 1. The van der Waals surface area contributed by atoms with Crippen molar-refractivity contribution >= 4 is 23.1 Å². The van der Waals surface area contributed by atoms with Gasteiger partial charge in [-0.05, 0) is 24.6 Å². The summed E-state index contributed by atoms with van der Waals surface area (Å²) in [6.07, 6.45) is 0.546. The molecule has 2 amide bonds. The summed E-state index contributed by atoms with van der Waals surface area (Å²) in [5, 5.41) is 3.14. The number of rotatable bonds is 8. The van der Waals surface area contributed by atoms with Crippen LogP contribution in [0.5, 0.6) is 17.2 Å². The second kappa shape index (κ2) is 9.09. The van der Waals surface area contributed by atoms with Gasteiger partial charge in [0.25, 0.3) is 11.8 Å². The quantitative estimate of drug-likeness (QED) is 0.515. The number of nitrogens with zero attached hydrogens (tertiary/aromatic N) is 1. The topological polar surface area (TPSA) is 86.3 Å². The number of hydrogen-bond acceptors (Lipinski definition) is 7. The number of amides is 2. The van der Waals surface area contributed by atoms with Gasteiger partial charge in [0.05, 0.1) is 12.7 Å². The Hall–Kier alpha value is -3.52. The molecule has 0 aliphatic carbocycles. The molecular formula is C23H24N2O6. The van der Waals surface area contributed by atoms with E-state index in [1.165, 1.54) is 12.0 Å². The van der Waals surface area contributed by atoms with Gasteiger partial charge >= 0.3 is 0 Å². The van der Waals surface area contributed by atoms with E-state index < -0.39 is 5.91 Å². The third kappa shape index (κ3) is 4.06. The minimum absolute atomic E-state index is 0.198. The van der Waals surface area contributed by atoms with Gasteiger partial charge in [-0.3, -0.25) is 14.5 Å². The van der Waals surface area contributed by atoms with Crippen molar-refractivity contribution in [3.63, 3.8) is 0 Å². The molecule has 0 spiro atoms. The highest BCUT2D eigenvalue weighted by atomic mass is 16.6. The number of benzene rings is 2. The minimum Gasteiger partial charge on any atom is -0.496 e. The smallest absolute Gasteiger partial charge is 0.278 e. The van der Waals surface area contributed by atoms with Crippen LogP contribution in [0.1, 0.15) is 12.0 Å². The predicted octanol–water partition coefficient (Wildman–Crippen LogP) is 2.69. The maximum Gasteiger partial charge on any atom is 0.278 e. The predicted molar refractivity (Wildman–Crippen MR) is 114 cm³/mol. The molecule has 0 aromatic heterocycles. The molecule has 1 N–H and O–H groups in total. The van der Waals surface area contributed by atoms with Crippen molar-refractivity contribution in [2.24, 2.45) is 0 Å². The van der Waals surface area contributed by atoms with Gasteiger partial charge in [-0.2, -0.15) is 0 Å². The molecule has 2 heterocycles. The number of nitrogens with one attached hydrogen (secondary N) is 1. The normalized spacial score (nSPS) is 15.5. The Labute approximate surface area is 180 Å². The fourth-order valence-corrected chi connectivity index (χ4v) is 3.63. The first-order chi connectivity index (χ1) is 15.1. The molecule has 2 aliphatic heterocycles. The van der Waals surface area contributed by atoms with Gasteiger partial charge in [0.2, 0.25) is 0 Å². The Morgan fingerprint density at radius 1 is 1.00 bits per heavy atom. The number of methoxy groups -OCH3 is 2. The molecule has 0 unspecified atom stereocenters. The van der Waals surface area contributed by atoms with E-state index in [1.54, 1.807) is 43.5 Å². The van der Waals surface area contributed by atoms with Crippen molar-refractivity contribution in [1.82, 2.24) is 4.90 Å². The monoisotopic (exact) mass is 424 g/mol. The standard InChI is InChI=1S/C23H24N2O6/c1-28-11-5-10-25-22(26)20(16-6-3-4-7-17(16)29-2)21(23(25)27)24-15-8-9-18-19(14-15)31-13-12-30-18/h3-4,6-9,14,24H,5,10-13H2,1-2H3. The number of ether oxygens (including phenoxy) is 4. The Morgan fingerprint density at radius 3 is 2.55 bits per heavy atom. The lowest BCUT2D eigenvalue weighted by Crippen LogP contribution is -2.33. The van der Waals surface area contributed by atoms with Crippen molar-refractivity contribution in [2.75, 3.05) is 45.9 Å². The first-order valence-electron chi connectivity index (χ1n) is 10.0. The highest BCUT2D eigenvalue weighted by molar-refractivity contribution is 6.37. The molecule has 8 nitrogen and oxygen atoms in total. The molecule has 0 bridgehead atoms. The zero-order valence-corrected chi connectivity index (χ0v) is 17.5. The summed E-state index contributed by atoms with van der Waals surface area (Å²) >= 11 is 0. The van der Waals surface area contributed by atoms with E-state index in [1.807, 2.05) is 6.07 Å². The van der Waals surface area contributed by atoms with E-state index in [9.17, 15) is 9.59 Å². The number of imide groups is 1. The second-order valence-electron chi connectivity index (χ2n) is 7.04. The van der Waals surface area contributed by atoms with Gasteiger partial charge in [-0.1, -0.05) is 18.2 Å². The van der Waals surface area contributed by atoms with Crippen molar-refractivity contribution in [3.8, 4) is 17.2 Å². The molecule has 2 aliphatic rings.